The first-order chi connectivity index (χ1) is 9.66. The second kappa shape index (κ2) is 10.1. The van der Waals surface area contributed by atoms with Crippen molar-refractivity contribution in [3.8, 4) is 5.75 Å². The third kappa shape index (κ3) is 6.21. The molecule has 1 nitrogen and oxygen atoms in total. The Morgan fingerprint density at radius 3 is 2.00 bits per heavy atom. The molecule has 0 aliphatic carbocycles. The summed E-state index contributed by atoms with van der Waals surface area (Å²) in [6, 6.07) is 4.32. The molecule has 114 valence electrons. The second-order valence-corrected chi connectivity index (χ2v) is 6.15. The molecule has 0 aromatic heterocycles. The van der Waals surface area contributed by atoms with Crippen molar-refractivity contribution in [3.63, 3.8) is 0 Å². The van der Waals surface area contributed by atoms with Gasteiger partial charge in [0.25, 0.3) is 0 Å². The highest BCUT2D eigenvalue weighted by Crippen LogP contribution is 2.25. The largest absolute Gasteiger partial charge is 0.493 e. The number of rotatable bonds is 10. The van der Waals surface area contributed by atoms with Crippen molar-refractivity contribution in [2.45, 2.75) is 65.7 Å². The van der Waals surface area contributed by atoms with Crippen LogP contribution in [0.25, 0.3) is 0 Å². The summed E-state index contributed by atoms with van der Waals surface area (Å²) in [7, 11) is 0. The van der Waals surface area contributed by atoms with Crippen molar-refractivity contribution in [2.24, 2.45) is 0 Å². The molecular weight excluding hydrogens is 264 g/mol. The van der Waals surface area contributed by atoms with Crippen LogP contribution in [0.1, 0.15) is 61.6 Å². The molecule has 0 N–H and O–H groups in total. The van der Waals surface area contributed by atoms with Crippen LogP contribution in [0.5, 0.6) is 5.75 Å². The fraction of sp³-hybridized carbons (Fsp3) is 0.667. The van der Waals surface area contributed by atoms with Crippen molar-refractivity contribution in [2.75, 3.05) is 12.4 Å². The zero-order valence-corrected chi connectivity index (χ0v) is 14.3. The van der Waals surface area contributed by atoms with Gasteiger partial charge in [-0.05, 0) is 56.1 Å². The molecule has 0 unspecified atom stereocenters. The summed E-state index contributed by atoms with van der Waals surface area (Å²) in [6.45, 7) is 7.27. The van der Waals surface area contributed by atoms with Crippen molar-refractivity contribution in [1.82, 2.24) is 0 Å². The molecule has 1 rings (SSSR count). The number of ether oxygens (including phenoxy) is 1. The predicted molar refractivity (Wildman–Crippen MR) is 92.3 cm³/mol. The maximum atomic E-state index is 5.98. The van der Waals surface area contributed by atoms with Gasteiger partial charge in [0.15, 0.2) is 0 Å². The monoisotopic (exact) mass is 294 g/mol. The minimum atomic E-state index is 0.849. The highest BCUT2D eigenvalue weighted by atomic mass is 32.1. The first-order valence-electron chi connectivity index (χ1n) is 7.97. The highest BCUT2D eigenvalue weighted by Gasteiger charge is 2.05. The van der Waals surface area contributed by atoms with E-state index in [0.29, 0.717) is 0 Å². The average Bonchev–Trinajstić information content (AvgIpc) is 2.44. The summed E-state index contributed by atoms with van der Waals surface area (Å²) < 4.78 is 5.98. The van der Waals surface area contributed by atoms with E-state index < -0.39 is 0 Å². The van der Waals surface area contributed by atoms with Crippen LogP contribution in [0.4, 0.5) is 0 Å². The fourth-order valence-electron chi connectivity index (χ4n) is 2.42. The molecule has 0 aliphatic rings. The Morgan fingerprint density at radius 2 is 1.35 bits per heavy atom. The van der Waals surface area contributed by atoms with E-state index in [1.165, 1.54) is 61.6 Å². The summed E-state index contributed by atoms with van der Waals surface area (Å²) >= 11 is 4.23. The van der Waals surface area contributed by atoms with Crippen molar-refractivity contribution < 1.29 is 4.74 Å². The molecule has 0 fully saturated rings. The number of thiol groups is 1. The van der Waals surface area contributed by atoms with Crippen LogP contribution in [0.3, 0.4) is 0 Å². The van der Waals surface area contributed by atoms with E-state index in [2.05, 4.69) is 45.5 Å². The zero-order valence-electron chi connectivity index (χ0n) is 13.4. The molecule has 1 aromatic carbocycles. The van der Waals surface area contributed by atoms with Gasteiger partial charge in [-0.1, -0.05) is 44.2 Å². The number of hydrogen-bond donors (Lipinski definition) is 1. The summed E-state index contributed by atoms with van der Waals surface area (Å²) in [6.07, 6.45) is 9.10. The van der Waals surface area contributed by atoms with E-state index in [1.807, 2.05) is 0 Å². The van der Waals surface area contributed by atoms with Gasteiger partial charge >= 0.3 is 0 Å². The van der Waals surface area contributed by atoms with Gasteiger partial charge in [-0.25, -0.2) is 0 Å². The lowest BCUT2D eigenvalue weighted by Gasteiger charge is -2.13. The molecule has 0 radical (unpaired) electrons. The summed E-state index contributed by atoms with van der Waals surface area (Å²) in [5.74, 6) is 2.13. The SMILES string of the molecule is Cc1ccc(C)c(OCCCCCCCCCS)c1C. The quantitative estimate of drug-likeness (QED) is 0.433. The van der Waals surface area contributed by atoms with Crippen LogP contribution in [-0.2, 0) is 0 Å². The van der Waals surface area contributed by atoms with Crippen LogP contribution in [0, 0.1) is 20.8 Å². The normalized spacial score (nSPS) is 10.8. The molecule has 0 amide bonds. The van der Waals surface area contributed by atoms with E-state index in [0.717, 1.165) is 18.1 Å². The van der Waals surface area contributed by atoms with Gasteiger partial charge in [0.05, 0.1) is 6.61 Å². The molecule has 0 heterocycles. The Morgan fingerprint density at radius 1 is 0.800 bits per heavy atom. The molecule has 2 heteroatoms. The van der Waals surface area contributed by atoms with E-state index in [4.69, 9.17) is 4.74 Å². The number of benzene rings is 1. The maximum Gasteiger partial charge on any atom is 0.125 e. The lowest BCUT2D eigenvalue weighted by Crippen LogP contribution is -2.01. The average molecular weight is 295 g/mol. The highest BCUT2D eigenvalue weighted by molar-refractivity contribution is 7.80. The second-order valence-electron chi connectivity index (χ2n) is 5.70. The van der Waals surface area contributed by atoms with E-state index in [-0.39, 0.29) is 0 Å². The minimum Gasteiger partial charge on any atom is -0.493 e. The lowest BCUT2D eigenvalue weighted by atomic mass is 10.1. The number of hydrogen-bond acceptors (Lipinski definition) is 2. The van der Waals surface area contributed by atoms with Gasteiger partial charge in [0, 0.05) is 0 Å². The minimum absolute atomic E-state index is 0.849. The van der Waals surface area contributed by atoms with Crippen LogP contribution >= 0.6 is 12.6 Å². The van der Waals surface area contributed by atoms with Gasteiger partial charge in [0.1, 0.15) is 5.75 Å². The number of aryl methyl sites for hydroxylation is 2. The Kier molecular flexibility index (Phi) is 8.84. The zero-order chi connectivity index (χ0) is 14.8. The number of unbranched alkanes of at least 4 members (excludes halogenated alkanes) is 6. The van der Waals surface area contributed by atoms with Crippen LogP contribution < -0.4 is 4.74 Å². The Balaban J connectivity index is 2.14. The van der Waals surface area contributed by atoms with Gasteiger partial charge in [-0.15, -0.1) is 0 Å². The predicted octanol–water partition coefficient (Wildman–Crippen LogP) is 5.65. The van der Waals surface area contributed by atoms with Crippen molar-refractivity contribution in [3.05, 3.63) is 28.8 Å². The molecule has 0 atom stereocenters. The molecule has 0 aliphatic heterocycles. The van der Waals surface area contributed by atoms with Crippen LogP contribution in [0.2, 0.25) is 0 Å². The van der Waals surface area contributed by atoms with Gasteiger partial charge < -0.3 is 4.74 Å². The van der Waals surface area contributed by atoms with E-state index >= 15 is 0 Å². The van der Waals surface area contributed by atoms with Crippen LogP contribution in [0.15, 0.2) is 12.1 Å². The molecular formula is C18H30OS. The first-order valence-corrected chi connectivity index (χ1v) is 8.60. The molecule has 0 bridgehead atoms. The van der Waals surface area contributed by atoms with Crippen LogP contribution in [-0.4, -0.2) is 12.4 Å². The Labute approximate surface area is 130 Å². The summed E-state index contributed by atoms with van der Waals surface area (Å²) in [5, 5.41) is 0. The third-order valence-corrected chi connectivity index (χ3v) is 4.24. The van der Waals surface area contributed by atoms with Gasteiger partial charge in [-0.2, -0.15) is 12.6 Å². The Hall–Kier alpha value is -0.630. The fourth-order valence-corrected chi connectivity index (χ4v) is 2.64. The lowest BCUT2D eigenvalue weighted by molar-refractivity contribution is 0.300. The van der Waals surface area contributed by atoms with E-state index in [9.17, 15) is 0 Å². The first kappa shape index (κ1) is 17.4. The molecule has 20 heavy (non-hydrogen) atoms. The molecule has 0 saturated heterocycles. The van der Waals surface area contributed by atoms with Gasteiger partial charge in [-0.3, -0.25) is 0 Å². The molecule has 0 spiro atoms. The maximum absolute atomic E-state index is 5.98. The molecule has 1 aromatic rings. The third-order valence-electron chi connectivity index (χ3n) is 3.92. The summed E-state index contributed by atoms with van der Waals surface area (Å²) in [4.78, 5) is 0. The van der Waals surface area contributed by atoms with Gasteiger partial charge in [0.2, 0.25) is 0 Å². The smallest absolute Gasteiger partial charge is 0.125 e. The standard InChI is InChI=1S/C18H30OS/c1-15-11-12-16(2)18(17(15)3)19-13-9-7-5-4-6-8-10-14-20/h11-12,20H,4-10,13-14H2,1-3H3. The summed E-state index contributed by atoms with van der Waals surface area (Å²) in [5.41, 5.74) is 3.85. The molecule has 0 saturated carbocycles. The van der Waals surface area contributed by atoms with E-state index in [1.54, 1.807) is 0 Å². The van der Waals surface area contributed by atoms with Crippen molar-refractivity contribution >= 4 is 12.6 Å². The Bertz CT molecular complexity index is 387. The van der Waals surface area contributed by atoms with Crippen molar-refractivity contribution in [1.29, 1.82) is 0 Å². The topological polar surface area (TPSA) is 9.23 Å².